The molecule has 1 atom stereocenters. The molecular formula is C16H15ClN2O5. The number of nitro groups is 1. The van der Waals surface area contributed by atoms with Crippen LogP contribution in [0.25, 0.3) is 0 Å². The van der Waals surface area contributed by atoms with Crippen molar-refractivity contribution in [1.82, 2.24) is 0 Å². The Bertz CT molecular complexity index is 766. The lowest BCUT2D eigenvalue weighted by atomic mass is 10.2. The molecule has 2 aromatic rings. The molecular weight excluding hydrogens is 336 g/mol. The Labute approximate surface area is 143 Å². The summed E-state index contributed by atoms with van der Waals surface area (Å²) in [5.41, 5.74) is 0.258. The SMILES string of the molecule is COc1ccc(NC(=O)[C@H](C)Oc2ccccc2[N+](=O)[O-])cc1Cl. The van der Waals surface area contributed by atoms with Gasteiger partial charge in [-0.2, -0.15) is 0 Å². The Kier molecular flexibility index (Phi) is 5.59. The molecule has 0 aliphatic carbocycles. The third-order valence-corrected chi connectivity index (χ3v) is 3.45. The van der Waals surface area contributed by atoms with Gasteiger partial charge in [0.15, 0.2) is 11.9 Å². The van der Waals surface area contributed by atoms with Crippen LogP contribution in [-0.2, 0) is 4.79 Å². The largest absolute Gasteiger partial charge is 0.495 e. The second kappa shape index (κ2) is 7.65. The molecule has 0 saturated heterocycles. The Hall–Kier alpha value is -2.80. The summed E-state index contributed by atoms with van der Waals surface area (Å²) in [5, 5.41) is 13.9. The van der Waals surface area contributed by atoms with E-state index in [9.17, 15) is 14.9 Å². The van der Waals surface area contributed by atoms with Crippen LogP contribution >= 0.6 is 11.6 Å². The molecule has 0 aliphatic heterocycles. The molecule has 7 nitrogen and oxygen atoms in total. The van der Waals surface area contributed by atoms with Gasteiger partial charge in [0.2, 0.25) is 0 Å². The lowest BCUT2D eigenvalue weighted by Crippen LogP contribution is -2.30. The highest BCUT2D eigenvalue weighted by Crippen LogP contribution is 2.28. The molecule has 0 aromatic heterocycles. The van der Waals surface area contributed by atoms with Crippen molar-refractivity contribution in [3.05, 3.63) is 57.6 Å². The number of anilines is 1. The van der Waals surface area contributed by atoms with Gasteiger partial charge in [0.1, 0.15) is 5.75 Å². The van der Waals surface area contributed by atoms with Gasteiger partial charge in [0.25, 0.3) is 5.91 Å². The van der Waals surface area contributed by atoms with Crippen LogP contribution in [-0.4, -0.2) is 24.0 Å². The van der Waals surface area contributed by atoms with Crippen molar-refractivity contribution in [2.24, 2.45) is 0 Å². The van der Waals surface area contributed by atoms with Crippen LogP contribution in [0.15, 0.2) is 42.5 Å². The van der Waals surface area contributed by atoms with Gasteiger partial charge >= 0.3 is 5.69 Å². The number of para-hydroxylation sites is 2. The smallest absolute Gasteiger partial charge is 0.310 e. The van der Waals surface area contributed by atoms with E-state index in [4.69, 9.17) is 21.1 Å². The first kappa shape index (κ1) is 17.6. The number of carbonyl (C=O) groups is 1. The fourth-order valence-electron chi connectivity index (χ4n) is 1.94. The summed E-state index contributed by atoms with van der Waals surface area (Å²) in [6.07, 6.45) is -0.938. The van der Waals surface area contributed by atoms with Crippen molar-refractivity contribution in [2.75, 3.05) is 12.4 Å². The van der Waals surface area contributed by atoms with E-state index in [1.807, 2.05) is 0 Å². The minimum Gasteiger partial charge on any atom is -0.495 e. The molecule has 0 unspecified atom stereocenters. The second-order valence-electron chi connectivity index (χ2n) is 4.82. The molecule has 0 bridgehead atoms. The van der Waals surface area contributed by atoms with E-state index in [0.717, 1.165) is 0 Å². The number of methoxy groups -OCH3 is 1. The van der Waals surface area contributed by atoms with Crippen LogP contribution in [0.3, 0.4) is 0 Å². The molecule has 126 valence electrons. The zero-order chi connectivity index (χ0) is 17.7. The summed E-state index contributed by atoms with van der Waals surface area (Å²) >= 11 is 6.00. The van der Waals surface area contributed by atoms with Crippen LogP contribution < -0.4 is 14.8 Å². The highest BCUT2D eigenvalue weighted by atomic mass is 35.5. The number of amides is 1. The fraction of sp³-hybridized carbons (Fsp3) is 0.188. The third-order valence-electron chi connectivity index (χ3n) is 3.15. The van der Waals surface area contributed by atoms with Crippen molar-refractivity contribution in [3.63, 3.8) is 0 Å². The number of halogens is 1. The van der Waals surface area contributed by atoms with E-state index in [0.29, 0.717) is 16.5 Å². The number of hydrogen-bond donors (Lipinski definition) is 1. The molecule has 0 radical (unpaired) electrons. The quantitative estimate of drug-likeness (QED) is 0.634. The first-order valence-corrected chi connectivity index (χ1v) is 7.34. The number of carbonyl (C=O) groups excluding carboxylic acids is 1. The predicted octanol–water partition coefficient (Wildman–Crippen LogP) is 3.66. The van der Waals surface area contributed by atoms with Gasteiger partial charge in [-0.3, -0.25) is 14.9 Å². The predicted molar refractivity (Wildman–Crippen MR) is 89.8 cm³/mol. The first-order valence-electron chi connectivity index (χ1n) is 6.97. The molecule has 2 aromatic carbocycles. The Morgan fingerprint density at radius 2 is 1.96 bits per heavy atom. The van der Waals surface area contributed by atoms with Crippen molar-refractivity contribution in [3.8, 4) is 11.5 Å². The summed E-state index contributed by atoms with van der Waals surface area (Å²) < 4.78 is 10.4. The molecule has 8 heteroatoms. The van der Waals surface area contributed by atoms with Crippen LogP contribution in [0.1, 0.15) is 6.92 Å². The van der Waals surface area contributed by atoms with Crippen LogP contribution in [0, 0.1) is 10.1 Å². The summed E-state index contributed by atoms with van der Waals surface area (Å²) in [6.45, 7) is 1.50. The fourth-order valence-corrected chi connectivity index (χ4v) is 2.20. The molecule has 0 aliphatic rings. The van der Waals surface area contributed by atoms with E-state index in [2.05, 4.69) is 5.32 Å². The average Bonchev–Trinajstić information content (AvgIpc) is 2.55. The van der Waals surface area contributed by atoms with E-state index in [1.165, 1.54) is 38.3 Å². The molecule has 0 heterocycles. The van der Waals surface area contributed by atoms with Crippen LogP contribution in [0.2, 0.25) is 5.02 Å². The van der Waals surface area contributed by atoms with Gasteiger partial charge in [-0.05, 0) is 31.2 Å². The molecule has 24 heavy (non-hydrogen) atoms. The van der Waals surface area contributed by atoms with Crippen molar-refractivity contribution in [1.29, 1.82) is 0 Å². The number of nitrogens with one attached hydrogen (secondary N) is 1. The van der Waals surface area contributed by atoms with Gasteiger partial charge in [0.05, 0.1) is 17.1 Å². The molecule has 0 spiro atoms. The van der Waals surface area contributed by atoms with Gasteiger partial charge < -0.3 is 14.8 Å². The summed E-state index contributed by atoms with van der Waals surface area (Å²) in [4.78, 5) is 22.6. The molecule has 1 N–H and O–H groups in total. The molecule has 2 rings (SSSR count). The lowest BCUT2D eigenvalue weighted by molar-refractivity contribution is -0.386. The summed E-state index contributed by atoms with van der Waals surface area (Å²) in [5.74, 6) is 0.0474. The minimum absolute atomic E-state index is 0.0258. The van der Waals surface area contributed by atoms with E-state index < -0.39 is 16.9 Å². The molecule has 0 saturated carbocycles. The third kappa shape index (κ3) is 4.14. The van der Waals surface area contributed by atoms with E-state index in [1.54, 1.807) is 18.2 Å². The minimum atomic E-state index is -0.938. The van der Waals surface area contributed by atoms with Crippen molar-refractivity contribution in [2.45, 2.75) is 13.0 Å². The normalized spacial score (nSPS) is 11.5. The maximum Gasteiger partial charge on any atom is 0.310 e. The summed E-state index contributed by atoms with van der Waals surface area (Å²) in [6, 6.07) is 10.6. The molecule has 0 fully saturated rings. The number of benzene rings is 2. The van der Waals surface area contributed by atoms with Crippen molar-refractivity contribution < 1.29 is 19.2 Å². The van der Waals surface area contributed by atoms with Gasteiger partial charge in [-0.15, -0.1) is 0 Å². The number of hydrogen-bond acceptors (Lipinski definition) is 5. The van der Waals surface area contributed by atoms with E-state index in [-0.39, 0.29) is 11.4 Å². The summed E-state index contributed by atoms with van der Waals surface area (Å²) in [7, 11) is 1.49. The molecule has 1 amide bonds. The highest BCUT2D eigenvalue weighted by molar-refractivity contribution is 6.32. The van der Waals surface area contributed by atoms with Crippen molar-refractivity contribution >= 4 is 28.9 Å². The maximum atomic E-state index is 12.2. The number of rotatable bonds is 6. The number of nitro benzene ring substituents is 1. The van der Waals surface area contributed by atoms with Crippen LogP contribution in [0.5, 0.6) is 11.5 Å². The topological polar surface area (TPSA) is 90.7 Å². The highest BCUT2D eigenvalue weighted by Gasteiger charge is 2.20. The Morgan fingerprint density at radius 1 is 1.25 bits per heavy atom. The zero-order valence-electron chi connectivity index (χ0n) is 13.0. The van der Waals surface area contributed by atoms with Gasteiger partial charge in [-0.25, -0.2) is 0 Å². The van der Waals surface area contributed by atoms with Gasteiger partial charge in [0, 0.05) is 11.8 Å². The monoisotopic (exact) mass is 350 g/mol. The zero-order valence-corrected chi connectivity index (χ0v) is 13.7. The standard InChI is InChI=1S/C16H15ClN2O5/c1-10(24-15-6-4-3-5-13(15)19(21)22)16(20)18-11-7-8-14(23-2)12(17)9-11/h3-10H,1-2H3,(H,18,20)/t10-/m0/s1. The first-order chi connectivity index (χ1) is 11.4. The van der Waals surface area contributed by atoms with Gasteiger partial charge in [-0.1, -0.05) is 23.7 Å². The number of nitrogens with zero attached hydrogens (tertiary/aromatic N) is 1. The lowest BCUT2D eigenvalue weighted by Gasteiger charge is -2.15. The number of ether oxygens (including phenoxy) is 2. The Balaban J connectivity index is 2.08. The van der Waals surface area contributed by atoms with E-state index >= 15 is 0 Å². The average molecular weight is 351 g/mol. The Morgan fingerprint density at radius 3 is 2.58 bits per heavy atom. The van der Waals surface area contributed by atoms with Crippen LogP contribution in [0.4, 0.5) is 11.4 Å². The maximum absolute atomic E-state index is 12.2. The second-order valence-corrected chi connectivity index (χ2v) is 5.23.